The SMILES string of the molecule is N#Cc1ccc(/C(F)=C/c2ccc(F)c(C3N=C(NF)[C@H]4CC[C@@H]3S4=O)c2)nc1. The monoisotopic (exact) mass is 416 g/mol. The van der Waals surface area contributed by atoms with Crippen molar-refractivity contribution in [1.29, 1.82) is 5.26 Å². The molecule has 4 rings (SSSR count). The number of rotatable bonds is 3. The first-order valence-electron chi connectivity index (χ1n) is 8.88. The Morgan fingerprint density at radius 3 is 2.83 bits per heavy atom. The molecule has 0 saturated carbocycles. The van der Waals surface area contributed by atoms with Crippen LogP contribution in [0.3, 0.4) is 0 Å². The maximum Gasteiger partial charge on any atom is 0.149 e. The molecule has 1 aromatic heterocycles. The molecule has 148 valence electrons. The van der Waals surface area contributed by atoms with Crippen molar-refractivity contribution < 1.29 is 17.5 Å². The number of nitrogens with zero attached hydrogens (tertiary/aromatic N) is 3. The number of halogens is 3. The molecule has 1 N–H and O–H groups in total. The quantitative estimate of drug-likeness (QED) is 0.773. The molecule has 2 bridgehead atoms. The first kappa shape index (κ1) is 19.3. The first-order valence-corrected chi connectivity index (χ1v) is 10.2. The second-order valence-electron chi connectivity index (χ2n) is 6.80. The molecule has 5 nitrogen and oxygen atoms in total. The number of nitrogens with one attached hydrogen (secondary N) is 1. The minimum Gasteiger partial charge on any atom is -0.260 e. The van der Waals surface area contributed by atoms with Crippen LogP contribution in [-0.4, -0.2) is 25.5 Å². The lowest BCUT2D eigenvalue weighted by Crippen LogP contribution is -2.38. The largest absolute Gasteiger partial charge is 0.260 e. The van der Waals surface area contributed by atoms with Crippen LogP contribution in [0.15, 0.2) is 41.5 Å². The summed E-state index contributed by atoms with van der Waals surface area (Å²) in [5.41, 5.74) is 2.34. The molecular weight excluding hydrogens is 401 g/mol. The zero-order valence-corrected chi connectivity index (χ0v) is 15.8. The summed E-state index contributed by atoms with van der Waals surface area (Å²) >= 11 is 0. The van der Waals surface area contributed by atoms with E-state index >= 15 is 0 Å². The predicted octanol–water partition coefficient (Wildman–Crippen LogP) is 3.77. The predicted molar refractivity (Wildman–Crippen MR) is 104 cm³/mol. The highest BCUT2D eigenvalue weighted by Crippen LogP contribution is 2.41. The van der Waals surface area contributed by atoms with E-state index in [2.05, 4.69) is 9.98 Å². The summed E-state index contributed by atoms with van der Waals surface area (Å²) in [5.74, 6) is -1.27. The van der Waals surface area contributed by atoms with E-state index in [1.165, 1.54) is 48.1 Å². The molecule has 0 amide bonds. The third-order valence-electron chi connectivity index (χ3n) is 5.09. The van der Waals surface area contributed by atoms with Crippen molar-refractivity contribution in [3.63, 3.8) is 0 Å². The van der Waals surface area contributed by atoms with Gasteiger partial charge in [-0.2, -0.15) is 5.26 Å². The molecule has 9 heteroatoms. The Labute approximate surface area is 167 Å². The van der Waals surface area contributed by atoms with Crippen molar-refractivity contribution in [2.75, 3.05) is 0 Å². The number of nitriles is 1. The number of hydrogen-bond donors (Lipinski definition) is 1. The number of fused-ring (bicyclic) bond motifs is 2. The Hall–Kier alpha value is -2.99. The second kappa shape index (κ2) is 7.79. The van der Waals surface area contributed by atoms with Gasteiger partial charge in [-0.3, -0.25) is 14.2 Å². The lowest BCUT2D eigenvalue weighted by Gasteiger charge is -2.26. The molecule has 0 radical (unpaired) electrons. The van der Waals surface area contributed by atoms with E-state index in [-0.39, 0.29) is 17.1 Å². The average molecular weight is 416 g/mol. The number of benzene rings is 1. The van der Waals surface area contributed by atoms with Gasteiger partial charge in [0.2, 0.25) is 0 Å². The van der Waals surface area contributed by atoms with Gasteiger partial charge in [-0.05, 0) is 48.7 Å². The average Bonchev–Trinajstić information content (AvgIpc) is 3.00. The van der Waals surface area contributed by atoms with E-state index < -0.39 is 39.0 Å². The second-order valence-corrected chi connectivity index (χ2v) is 8.64. The minimum absolute atomic E-state index is 0.0320. The summed E-state index contributed by atoms with van der Waals surface area (Å²) in [6.45, 7) is 0. The molecule has 2 aromatic rings. The molecular formula is C20H15F3N4OS. The maximum atomic E-state index is 14.5. The fourth-order valence-electron chi connectivity index (χ4n) is 3.66. The van der Waals surface area contributed by atoms with Crippen molar-refractivity contribution >= 4 is 28.5 Å². The van der Waals surface area contributed by atoms with Crippen LogP contribution >= 0.6 is 0 Å². The highest BCUT2D eigenvalue weighted by molar-refractivity contribution is 7.87. The van der Waals surface area contributed by atoms with E-state index in [4.69, 9.17) is 5.26 Å². The number of aliphatic imine (C=N–C) groups is 1. The van der Waals surface area contributed by atoms with Gasteiger partial charge in [0.1, 0.15) is 23.5 Å². The third-order valence-corrected chi connectivity index (χ3v) is 7.20. The van der Waals surface area contributed by atoms with Crippen molar-refractivity contribution in [2.45, 2.75) is 29.4 Å². The molecule has 2 unspecified atom stereocenters. The van der Waals surface area contributed by atoms with Crippen LogP contribution in [0.4, 0.5) is 13.3 Å². The van der Waals surface area contributed by atoms with E-state index in [0.717, 1.165) is 0 Å². The standard InChI is InChI=1S/C20H15F3N4OS/c21-14-3-1-11(8-15(22)16-4-2-12(9-24)10-25-16)7-13(14)19-17-5-6-18(29(17)28)20(26-19)27-23/h1-4,7-8,10,17-19H,5-6H2,(H,26,27)/b15-8-/t17-,18+,19?,29?/m0/s1. The fourth-order valence-corrected chi connectivity index (χ4v) is 5.61. The van der Waals surface area contributed by atoms with Crippen LogP contribution in [0.2, 0.25) is 0 Å². The minimum atomic E-state index is -1.36. The topological polar surface area (TPSA) is 78.1 Å². The van der Waals surface area contributed by atoms with Gasteiger partial charge in [0, 0.05) is 22.6 Å². The van der Waals surface area contributed by atoms with E-state index in [0.29, 0.717) is 24.0 Å². The van der Waals surface area contributed by atoms with Gasteiger partial charge < -0.3 is 0 Å². The summed E-state index contributed by atoms with van der Waals surface area (Å²) in [7, 11) is -1.36. The zero-order chi connectivity index (χ0) is 20.5. The zero-order valence-electron chi connectivity index (χ0n) is 15.0. The van der Waals surface area contributed by atoms with E-state index in [1.807, 2.05) is 6.07 Å². The molecule has 2 aliphatic rings. The fraction of sp³-hybridized carbons (Fsp3) is 0.250. The molecule has 0 aliphatic carbocycles. The van der Waals surface area contributed by atoms with Crippen LogP contribution < -0.4 is 5.54 Å². The van der Waals surface area contributed by atoms with Gasteiger partial charge in [-0.25, -0.2) is 14.3 Å². The molecule has 2 aliphatic heterocycles. The smallest absolute Gasteiger partial charge is 0.149 e. The van der Waals surface area contributed by atoms with Gasteiger partial charge in [0.05, 0.1) is 27.8 Å². The van der Waals surface area contributed by atoms with Crippen molar-refractivity contribution in [1.82, 2.24) is 10.5 Å². The summed E-state index contributed by atoms with van der Waals surface area (Å²) in [5, 5.41) is 7.89. The van der Waals surface area contributed by atoms with Crippen molar-refractivity contribution in [3.05, 3.63) is 64.7 Å². The van der Waals surface area contributed by atoms with Crippen LogP contribution in [-0.2, 0) is 10.8 Å². The van der Waals surface area contributed by atoms with Crippen molar-refractivity contribution in [3.8, 4) is 6.07 Å². The van der Waals surface area contributed by atoms with Crippen LogP contribution in [0.1, 0.15) is 41.3 Å². The van der Waals surface area contributed by atoms with Gasteiger partial charge >= 0.3 is 0 Å². The van der Waals surface area contributed by atoms with Crippen LogP contribution in [0.25, 0.3) is 11.9 Å². The molecule has 1 saturated heterocycles. The molecule has 1 aromatic carbocycles. The summed E-state index contributed by atoms with van der Waals surface area (Å²) in [6.07, 6.45) is 3.50. The first-order chi connectivity index (χ1) is 14.0. The summed E-state index contributed by atoms with van der Waals surface area (Å²) in [4.78, 5) is 8.13. The lowest BCUT2D eigenvalue weighted by molar-refractivity contribution is 0.425. The number of amidine groups is 1. The van der Waals surface area contributed by atoms with Gasteiger partial charge in [0.15, 0.2) is 0 Å². The van der Waals surface area contributed by atoms with Gasteiger partial charge in [-0.1, -0.05) is 6.07 Å². The van der Waals surface area contributed by atoms with E-state index in [9.17, 15) is 17.5 Å². The van der Waals surface area contributed by atoms with E-state index in [1.54, 1.807) is 0 Å². The summed E-state index contributed by atoms with van der Waals surface area (Å²) in [6, 6.07) is 7.93. The number of pyridine rings is 1. The van der Waals surface area contributed by atoms with Crippen LogP contribution in [0, 0.1) is 17.1 Å². The van der Waals surface area contributed by atoms with Crippen LogP contribution in [0.5, 0.6) is 0 Å². The normalized spacial score (nSPS) is 26.0. The number of hydrogen-bond acceptors (Lipinski definition) is 5. The molecule has 1 fully saturated rings. The molecule has 0 spiro atoms. The Bertz CT molecular complexity index is 1080. The highest BCUT2D eigenvalue weighted by Gasteiger charge is 2.46. The molecule has 4 atom stereocenters. The number of aromatic nitrogens is 1. The lowest BCUT2D eigenvalue weighted by atomic mass is 9.98. The Morgan fingerprint density at radius 2 is 2.14 bits per heavy atom. The van der Waals surface area contributed by atoms with Crippen molar-refractivity contribution in [2.24, 2.45) is 4.99 Å². The third kappa shape index (κ3) is 3.56. The van der Waals surface area contributed by atoms with Gasteiger partial charge in [0.25, 0.3) is 0 Å². The Balaban J connectivity index is 1.69. The molecule has 29 heavy (non-hydrogen) atoms. The summed E-state index contributed by atoms with van der Waals surface area (Å²) < 4.78 is 54.7. The maximum absolute atomic E-state index is 14.5. The highest BCUT2D eigenvalue weighted by atomic mass is 32.2. The Kier molecular flexibility index (Phi) is 5.20. The Morgan fingerprint density at radius 1 is 1.31 bits per heavy atom. The van der Waals surface area contributed by atoms with Gasteiger partial charge in [-0.15, -0.1) is 4.48 Å². The molecule has 3 heterocycles.